The van der Waals surface area contributed by atoms with Crippen molar-refractivity contribution in [3.63, 3.8) is 0 Å². The fourth-order valence-corrected chi connectivity index (χ4v) is 3.12. The predicted octanol–water partition coefficient (Wildman–Crippen LogP) is 2.32. The van der Waals surface area contributed by atoms with Crippen molar-refractivity contribution in [3.8, 4) is 0 Å². The molecule has 0 spiro atoms. The number of unbranched alkanes of at least 4 members (excludes halogenated alkanes) is 2. The van der Waals surface area contributed by atoms with Gasteiger partial charge in [0.2, 0.25) is 0 Å². The van der Waals surface area contributed by atoms with Crippen LogP contribution in [0.15, 0.2) is 0 Å². The van der Waals surface area contributed by atoms with Gasteiger partial charge in [0.25, 0.3) is 0 Å². The van der Waals surface area contributed by atoms with Gasteiger partial charge < -0.3 is 15.1 Å². The number of hydrogen-bond donors (Lipinski definition) is 1. The minimum absolute atomic E-state index is 0.840. The van der Waals surface area contributed by atoms with Crippen LogP contribution in [0.2, 0.25) is 0 Å². The average Bonchev–Trinajstić information content (AvgIpc) is 3.26. The number of hydrogen-bond acceptors (Lipinski definition) is 3. The second kappa shape index (κ2) is 8.23. The molecule has 1 N–H and O–H groups in total. The minimum atomic E-state index is 0.840. The largest absolute Gasteiger partial charge is 0.314 e. The van der Waals surface area contributed by atoms with Crippen LogP contribution >= 0.6 is 0 Å². The van der Waals surface area contributed by atoms with Gasteiger partial charge in [0.1, 0.15) is 0 Å². The van der Waals surface area contributed by atoms with Crippen LogP contribution in [0.1, 0.15) is 51.9 Å². The molecule has 1 saturated carbocycles. The van der Waals surface area contributed by atoms with Gasteiger partial charge in [-0.3, -0.25) is 0 Å². The van der Waals surface area contributed by atoms with Crippen LogP contribution in [0.25, 0.3) is 0 Å². The summed E-state index contributed by atoms with van der Waals surface area (Å²) in [5.74, 6) is 0. The van der Waals surface area contributed by atoms with E-state index >= 15 is 0 Å². The molecular formula is C16H33N3. The Morgan fingerprint density at radius 1 is 1.05 bits per heavy atom. The normalized spacial score (nSPS) is 22.3. The molecule has 3 heteroatoms. The Hall–Kier alpha value is -0.120. The first kappa shape index (κ1) is 15.3. The summed E-state index contributed by atoms with van der Waals surface area (Å²) in [6.45, 7) is 8.64. The zero-order valence-corrected chi connectivity index (χ0v) is 13.0. The van der Waals surface area contributed by atoms with Crippen molar-refractivity contribution in [1.82, 2.24) is 15.1 Å². The molecule has 112 valence electrons. The lowest BCUT2D eigenvalue weighted by molar-refractivity contribution is 0.130. The first-order valence-electron chi connectivity index (χ1n) is 8.45. The van der Waals surface area contributed by atoms with Crippen LogP contribution in [-0.4, -0.2) is 61.7 Å². The molecule has 19 heavy (non-hydrogen) atoms. The molecule has 0 amide bonds. The quantitative estimate of drug-likeness (QED) is 0.647. The van der Waals surface area contributed by atoms with E-state index in [-0.39, 0.29) is 0 Å². The number of piperidine rings is 1. The maximum absolute atomic E-state index is 3.60. The molecule has 2 aliphatic rings. The standard InChI is InChI=1S/C16H33N3/c1-3-19-13-9-16(10-14-19)18(2)12-6-4-5-11-17-15-7-8-15/h15-17H,3-14H2,1-2H3. The van der Waals surface area contributed by atoms with E-state index in [9.17, 15) is 0 Å². The highest BCUT2D eigenvalue weighted by Gasteiger charge is 2.21. The molecule has 0 radical (unpaired) electrons. The van der Waals surface area contributed by atoms with E-state index in [4.69, 9.17) is 0 Å². The predicted molar refractivity (Wildman–Crippen MR) is 82.6 cm³/mol. The summed E-state index contributed by atoms with van der Waals surface area (Å²) in [6, 6.07) is 1.72. The Morgan fingerprint density at radius 2 is 1.79 bits per heavy atom. The monoisotopic (exact) mass is 267 g/mol. The van der Waals surface area contributed by atoms with Crippen LogP contribution in [0.4, 0.5) is 0 Å². The maximum Gasteiger partial charge on any atom is 0.0117 e. The van der Waals surface area contributed by atoms with Crippen molar-refractivity contribution in [3.05, 3.63) is 0 Å². The minimum Gasteiger partial charge on any atom is -0.314 e. The van der Waals surface area contributed by atoms with Crippen LogP contribution in [0.5, 0.6) is 0 Å². The molecule has 0 aromatic rings. The number of rotatable bonds is 9. The molecule has 0 aromatic carbocycles. The van der Waals surface area contributed by atoms with Gasteiger partial charge in [0.05, 0.1) is 0 Å². The Kier molecular flexibility index (Phi) is 6.62. The highest BCUT2D eigenvalue weighted by atomic mass is 15.2. The zero-order chi connectivity index (χ0) is 13.5. The summed E-state index contributed by atoms with van der Waals surface area (Å²) >= 11 is 0. The highest BCUT2D eigenvalue weighted by molar-refractivity contribution is 4.80. The molecule has 1 aliphatic carbocycles. The van der Waals surface area contributed by atoms with Gasteiger partial charge in [-0.2, -0.15) is 0 Å². The fraction of sp³-hybridized carbons (Fsp3) is 1.00. The topological polar surface area (TPSA) is 18.5 Å². The van der Waals surface area contributed by atoms with Gasteiger partial charge in [-0.15, -0.1) is 0 Å². The lowest BCUT2D eigenvalue weighted by Crippen LogP contribution is -2.43. The Balaban J connectivity index is 1.45. The molecule has 0 atom stereocenters. The van der Waals surface area contributed by atoms with E-state index in [1.54, 1.807) is 0 Å². The van der Waals surface area contributed by atoms with Gasteiger partial charge in [-0.05, 0) is 78.3 Å². The lowest BCUT2D eigenvalue weighted by Gasteiger charge is -2.36. The molecule has 1 saturated heterocycles. The van der Waals surface area contributed by atoms with Crippen molar-refractivity contribution in [2.45, 2.75) is 64.0 Å². The Labute approximate surface area is 119 Å². The van der Waals surface area contributed by atoms with Gasteiger partial charge in [0.15, 0.2) is 0 Å². The van der Waals surface area contributed by atoms with Crippen LogP contribution < -0.4 is 5.32 Å². The van der Waals surface area contributed by atoms with Crippen LogP contribution in [0.3, 0.4) is 0 Å². The average molecular weight is 267 g/mol. The third-order valence-electron chi connectivity index (χ3n) is 4.83. The summed E-state index contributed by atoms with van der Waals surface area (Å²) in [7, 11) is 2.33. The summed E-state index contributed by atoms with van der Waals surface area (Å²) in [5, 5.41) is 3.60. The second-order valence-corrected chi connectivity index (χ2v) is 6.44. The van der Waals surface area contributed by atoms with Crippen molar-refractivity contribution < 1.29 is 0 Å². The Morgan fingerprint density at radius 3 is 2.42 bits per heavy atom. The second-order valence-electron chi connectivity index (χ2n) is 6.44. The summed E-state index contributed by atoms with van der Waals surface area (Å²) < 4.78 is 0. The van der Waals surface area contributed by atoms with E-state index < -0.39 is 0 Å². The van der Waals surface area contributed by atoms with Gasteiger partial charge in [-0.1, -0.05) is 13.3 Å². The maximum atomic E-state index is 3.60. The lowest BCUT2D eigenvalue weighted by atomic mass is 10.0. The van der Waals surface area contributed by atoms with Crippen LogP contribution in [0, 0.1) is 0 Å². The molecule has 0 unspecified atom stereocenters. The smallest absolute Gasteiger partial charge is 0.0117 e. The van der Waals surface area contributed by atoms with E-state index in [1.807, 2.05) is 0 Å². The molecule has 2 rings (SSSR count). The van der Waals surface area contributed by atoms with Gasteiger partial charge in [0, 0.05) is 12.1 Å². The molecule has 3 nitrogen and oxygen atoms in total. The van der Waals surface area contributed by atoms with E-state index in [0.717, 1.165) is 12.1 Å². The van der Waals surface area contributed by atoms with Gasteiger partial charge in [-0.25, -0.2) is 0 Å². The molecular weight excluding hydrogens is 234 g/mol. The van der Waals surface area contributed by atoms with Crippen LogP contribution in [-0.2, 0) is 0 Å². The summed E-state index contributed by atoms with van der Waals surface area (Å²) in [4.78, 5) is 5.19. The fourth-order valence-electron chi connectivity index (χ4n) is 3.12. The molecule has 2 fully saturated rings. The highest BCUT2D eigenvalue weighted by Crippen LogP contribution is 2.18. The third kappa shape index (κ3) is 5.80. The number of nitrogens with one attached hydrogen (secondary N) is 1. The third-order valence-corrected chi connectivity index (χ3v) is 4.83. The van der Waals surface area contributed by atoms with E-state index in [1.165, 1.54) is 77.7 Å². The molecule has 0 bridgehead atoms. The first-order valence-corrected chi connectivity index (χ1v) is 8.45. The van der Waals surface area contributed by atoms with E-state index in [0.29, 0.717) is 0 Å². The summed E-state index contributed by atoms with van der Waals surface area (Å²) in [5.41, 5.74) is 0. The molecule has 0 aromatic heterocycles. The van der Waals surface area contributed by atoms with Crippen molar-refractivity contribution in [2.24, 2.45) is 0 Å². The number of nitrogens with zero attached hydrogens (tertiary/aromatic N) is 2. The van der Waals surface area contributed by atoms with Crippen molar-refractivity contribution in [1.29, 1.82) is 0 Å². The van der Waals surface area contributed by atoms with Crippen molar-refractivity contribution >= 4 is 0 Å². The van der Waals surface area contributed by atoms with Crippen molar-refractivity contribution in [2.75, 3.05) is 39.8 Å². The Bertz CT molecular complexity index is 232. The molecule has 1 heterocycles. The molecule has 1 aliphatic heterocycles. The summed E-state index contributed by atoms with van der Waals surface area (Å²) in [6.07, 6.45) is 9.69. The SMILES string of the molecule is CCN1CCC(N(C)CCCCCNC2CC2)CC1. The number of likely N-dealkylation sites (tertiary alicyclic amines) is 1. The van der Waals surface area contributed by atoms with E-state index in [2.05, 4.69) is 29.1 Å². The first-order chi connectivity index (χ1) is 9.29. The zero-order valence-electron chi connectivity index (χ0n) is 13.0. The van der Waals surface area contributed by atoms with Gasteiger partial charge >= 0.3 is 0 Å².